The van der Waals surface area contributed by atoms with E-state index in [0.717, 1.165) is 0 Å². The third-order valence-electron chi connectivity index (χ3n) is 5.71. The van der Waals surface area contributed by atoms with Crippen LogP contribution in [0.4, 0.5) is 30.6 Å². The van der Waals surface area contributed by atoms with Gasteiger partial charge in [0.1, 0.15) is 28.1 Å². The van der Waals surface area contributed by atoms with Crippen LogP contribution in [0.25, 0.3) is 0 Å². The van der Waals surface area contributed by atoms with Crippen molar-refractivity contribution >= 4 is 29.3 Å². The highest BCUT2D eigenvalue weighted by Gasteiger charge is 2.50. The number of amides is 1. The zero-order chi connectivity index (χ0) is 27.6. The van der Waals surface area contributed by atoms with Gasteiger partial charge in [-0.3, -0.25) is 9.69 Å². The first kappa shape index (κ1) is 27.7. The van der Waals surface area contributed by atoms with Crippen LogP contribution >= 0.6 is 0 Å². The molecule has 1 saturated heterocycles. The Labute approximate surface area is 212 Å². The highest BCUT2D eigenvalue weighted by atomic mass is 19.4. The van der Waals surface area contributed by atoms with E-state index in [2.05, 4.69) is 21.4 Å². The molecule has 198 valence electrons. The predicted molar refractivity (Wildman–Crippen MR) is 128 cm³/mol. The van der Waals surface area contributed by atoms with E-state index in [0.29, 0.717) is 13.0 Å². The number of benzene rings is 1. The number of aromatic nitrogens is 2. The Bertz CT molecular complexity index is 1220. The van der Waals surface area contributed by atoms with Crippen molar-refractivity contribution in [3.63, 3.8) is 0 Å². The van der Waals surface area contributed by atoms with Crippen LogP contribution in [-0.4, -0.2) is 46.8 Å². The molecule has 0 aliphatic carbocycles. The smallest absolute Gasteiger partial charge is 0.422 e. The summed E-state index contributed by atoms with van der Waals surface area (Å²) in [6.07, 6.45) is -2.85. The van der Waals surface area contributed by atoms with E-state index in [4.69, 9.17) is 9.47 Å². The zero-order valence-electron chi connectivity index (χ0n) is 21.1. The minimum Gasteiger partial charge on any atom is -0.483 e. The Balaban J connectivity index is 1.87. The van der Waals surface area contributed by atoms with E-state index in [-0.39, 0.29) is 40.6 Å². The number of anilines is 3. The van der Waals surface area contributed by atoms with Gasteiger partial charge in [0.2, 0.25) is 11.9 Å². The van der Waals surface area contributed by atoms with Crippen molar-refractivity contribution in [2.24, 2.45) is 11.3 Å². The van der Waals surface area contributed by atoms with Crippen molar-refractivity contribution in [1.82, 2.24) is 9.97 Å². The summed E-state index contributed by atoms with van der Waals surface area (Å²) in [4.78, 5) is 35.4. The first-order valence-corrected chi connectivity index (χ1v) is 11.6. The summed E-state index contributed by atoms with van der Waals surface area (Å²) in [5, 5.41) is 12.5. The van der Waals surface area contributed by atoms with E-state index in [9.17, 15) is 28.0 Å². The second-order valence-electron chi connectivity index (χ2n) is 9.92. The van der Waals surface area contributed by atoms with Gasteiger partial charge in [-0.25, -0.2) is 9.78 Å². The van der Waals surface area contributed by atoms with E-state index < -0.39 is 29.8 Å². The Morgan fingerprint density at radius 3 is 2.54 bits per heavy atom. The highest BCUT2D eigenvalue weighted by Crippen LogP contribution is 2.40. The Kier molecular flexibility index (Phi) is 7.67. The summed E-state index contributed by atoms with van der Waals surface area (Å²) < 4.78 is 48.6. The minimum atomic E-state index is -4.62. The quantitative estimate of drug-likeness (QED) is 0.507. The maximum absolute atomic E-state index is 13.0. The number of nitrogens with zero attached hydrogens (tertiary/aromatic N) is 4. The number of carbonyl (C=O) groups is 2. The average Bonchev–Trinajstić information content (AvgIpc) is 3.13. The van der Waals surface area contributed by atoms with Crippen LogP contribution in [-0.2, 0) is 9.53 Å². The van der Waals surface area contributed by atoms with E-state index in [1.165, 1.54) is 35.4 Å². The summed E-state index contributed by atoms with van der Waals surface area (Å²) in [6, 6.07) is 7.61. The van der Waals surface area contributed by atoms with Gasteiger partial charge in [0.15, 0.2) is 6.61 Å². The van der Waals surface area contributed by atoms with Crippen LogP contribution in [0.3, 0.4) is 0 Å². The van der Waals surface area contributed by atoms with Gasteiger partial charge in [-0.1, -0.05) is 13.8 Å². The number of nitrogens with one attached hydrogen (secondary N) is 1. The van der Waals surface area contributed by atoms with E-state index in [1.54, 1.807) is 20.8 Å². The highest BCUT2D eigenvalue weighted by molar-refractivity contribution is 6.01. The topological polar surface area (TPSA) is 117 Å². The number of esters is 1. The van der Waals surface area contributed by atoms with Crippen molar-refractivity contribution in [3.05, 3.63) is 36.0 Å². The van der Waals surface area contributed by atoms with Crippen molar-refractivity contribution in [2.45, 2.75) is 52.8 Å². The molecule has 9 nitrogen and oxygen atoms in total. The maximum atomic E-state index is 13.0. The molecular formula is C25H28F3N5O4. The van der Waals surface area contributed by atoms with Gasteiger partial charge >= 0.3 is 12.1 Å². The van der Waals surface area contributed by atoms with Gasteiger partial charge in [-0.05, 0) is 51.3 Å². The van der Waals surface area contributed by atoms with Crippen molar-refractivity contribution in [2.75, 3.05) is 23.4 Å². The second kappa shape index (κ2) is 10.2. The number of rotatable bonds is 7. The van der Waals surface area contributed by atoms with Crippen molar-refractivity contribution < 1.29 is 32.2 Å². The average molecular weight is 520 g/mol. The lowest BCUT2D eigenvalue weighted by Gasteiger charge is -2.24. The van der Waals surface area contributed by atoms with Crippen LogP contribution in [0.1, 0.15) is 51.4 Å². The number of nitriles is 1. The first-order chi connectivity index (χ1) is 17.1. The van der Waals surface area contributed by atoms with Crippen molar-refractivity contribution in [1.29, 1.82) is 5.26 Å². The molecule has 0 bridgehead atoms. The molecule has 0 saturated carbocycles. The number of ether oxygens (including phenoxy) is 2. The molecule has 37 heavy (non-hydrogen) atoms. The summed E-state index contributed by atoms with van der Waals surface area (Å²) >= 11 is 0. The molecule has 12 heteroatoms. The van der Waals surface area contributed by atoms with Gasteiger partial charge in [0.05, 0.1) is 6.07 Å². The number of carbonyl (C=O) groups excluding carboxylic acids is 2. The molecular weight excluding hydrogens is 491 g/mol. The van der Waals surface area contributed by atoms with Crippen LogP contribution in [0.15, 0.2) is 30.5 Å². The third-order valence-corrected chi connectivity index (χ3v) is 5.71. The second-order valence-corrected chi connectivity index (χ2v) is 9.92. The largest absolute Gasteiger partial charge is 0.483 e. The van der Waals surface area contributed by atoms with Crippen LogP contribution in [0.2, 0.25) is 0 Å². The molecule has 2 aromatic rings. The zero-order valence-corrected chi connectivity index (χ0v) is 21.1. The van der Waals surface area contributed by atoms with Crippen LogP contribution in [0, 0.1) is 22.7 Å². The summed E-state index contributed by atoms with van der Waals surface area (Å²) in [5.41, 5.74) is -1.94. The van der Waals surface area contributed by atoms with Crippen LogP contribution < -0.4 is 15.0 Å². The summed E-state index contributed by atoms with van der Waals surface area (Å²) in [6.45, 7) is 7.23. The molecule has 2 heterocycles. The van der Waals surface area contributed by atoms with Gasteiger partial charge in [0, 0.05) is 24.5 Å². The fraction of sp³-hybridized carbons (Fsp3) is 0.480. The Morgan fingerprint density at radius 1 is 1.27 bits per heavy atom. The molecule has 1 amide bonds. The lowest BCUT2D eigenvalue weighted by Crippen LogP contribution is -2.37. The molecule has 1 aliphatic rings. The normalized spacial score (nSPS) is 18.1. The fourth-order valence-electron chi connectivity index (χ4n) is 3.79. The molecule has 1 aromatic carbocycles. The summed E-state index contributed by atoms with van der Waals surface area (Å²) in [5.74, 6) is -1.38. The van der Waals surface area contributed by atoms with E-state index in [1.807, 2.05) is 13.8 Å². The van der Waals surface area contributed by atoms with Gasteiger partial charge in [-0.2, -0.15) is 23.4 Å². The standard InChI is InChI=1S/C25H28F3N5O4/c1-15(2)24(13-29)9-11-33(21(24)35)19-8-10-30-22(32-19)31-16-6-7-17(20(34)37-23(3,4)5)18(12-16)36-14-25(26,27)28/h6-8,10,12,15H,9,11,14H2,1-5H3,(H,30,31,32)/t24-/m1/s1. The Hall–Kier alpha value is -3.88. The lowest BCUT2D eigenvalue weighted by molar-refractivity contribution is -0.153. The van der Waals surface area contributed by atoms with Gasteiger partial charge < -0.3 is 14.8 Å². The molecule has 0 spiro atoms. The molecule has 0 radical (unpaired) electrons. The number of alkyl halides is 3. The van der Waals surface area contributed by atoms with Crippen molar-refractivity contribution in [3.8, 4) is 11.8 Å². The molecule has 1 fully saturated rings. The Morgan fingerprint density at radius 2 is 1.97 bits per heavy atom. The molecule has 3 rings (SSSR count). The molecule has 1 atom stereocenters. The number of hydrogen-bond acceptors (Lipinski definition) is 8. The monoisotopic (exact) mass is 519 g/mol. The molecule has 0 unspecified atom stereocenters. The van der Waals surface area contributed by atoms with Gasteiger partial charge in [0.25, 0.3) is 0 Å². The van der Waals surface area contributed by atoms with E-state index >= 15 is 0 Å². The number of hydrogen-bond donors (Lipinski definition) is 1. The minimum absolute atomic E-state index is 0.0519. The SMILES string of the molecule is CC(C)[C@]1(C#N)CCN(c2ccnc(Nc3ccc(C(=O)OC(C)(C)C)c(OCC(F)(F)F)c3)n2)C1=O. The number of halogens is 3. The molecule has 1 aliphatic heterocycles. The maximum Gasteiger partial charge on any atom is 0.422 e. The fourth-order valence-corrected chi connectivity index (χ4v) is 3.79. The molecule has 1 aromatic heterocycles. The summed E-state index contributed by atoms with van der Waals surface area (Å²) in [7, 11) is 0. The first-order valence-electron chi connectivity index (χ1n) is 11.6. The molecule has 1 N–H and O–H groups in total. The third kappa shape index (κ3) is 6.47. The van der Waals surface area contributed by atoms with Crippen LogP contribution in [0.5, 0.6) is 5.75 Å². The van der Waals surface area contributed by atoms with Gasteiger partial charge in [-0.15, -0.1) is 0 Å². The predicted octanol–water partition coefficient (Wildman–Crippen LogP) is 5.02. The lowest BCUT2D eigenvalue weighted by atomic mass is 9.77.